The zero-order chi connectivity index (χ0) is 30.5. The van der Waals surface area contributed by atoms with Gasteiger partial charge >= 0.3 is 11.9 Å². The number of carbonyl (C=O) groups excluding carboxylic acids is 2. The highest BCUT2D eigenvalue weighted by Gasteiger charge is 2.16. The van der Waals surface area contributed by atoms with Gasteiger partial charge in [0.05, 0.1) is 0 Å². The largest absolute Gasteiger partial charge is 0.423 e. The van der Waals surface area contributed by atoms with E-state index in [4.69, 9.17) is 9.47 Å². The van der Waals surface area contributed by atoms with Crippen LogP contribution in [0.5, 0.6) is 11.5 Å². The number of hydrogen-bond donors (Lipinski definition) is 0. The van der Waals surface area contributed by atoms with Crippen molar-refractivity contribution < 1.29 is 19.1 Å². The van der Waals surface area contributed by atoms with Gasteiger partial charge in [0.2, 0.25) is 0 Å². The number of fused-ring (bicyclic) bond motifs is 2. The van der Waals surface area contributed by atoms with Crippen LogP contribution in [0, 0.1) is 13.8 Å². The molecule has 0 bridgehead atoms. The molecule has 6 aromatic rings. The van der Waals surface area contributed by atoms with Crippen molar-refractivity contribution in [3.05, 3.63) is 156 Å². The van der Waals surface area contributed by atoms with Gasteiger partial charge < -0.3 is 9.47 Å². The lowest BCUT2D eigenvalue weighted by Gasteiger charge is -2.17. The van der Waals surface area contributed by atoms with Gasteiger partial charge in [-0.15, -0.1) is 0 Å². The van der Waals surface area contributed by atoms with Gasteiger partial charge in [-0.05, 0) is 94.1 Å². The minimum atomic E-state index is -0.468. The van der Waals surface area contributed by atoms with Crippen LogP contribution in [-0.4, -0.2) is 11.9 Å². The summed E-state index contributed by atoms with van der Waals surface area (Å²) < 4.78 is 11.1. The molecule has 0 saturated carbocycles. The van der Waals surface area contributed by atoms with Crippen LogP contribution in [0.25, 0.3) is 44.8 Å². The van der Waals surface area contributed by atoms with E-state index in [1.165, 1.54) is 12.2 Å². The molecule has 6 rings (SSSR count). The van der Waals surface area contributed by atoms with Crippen LogP contribution in [-0.2, 0) is 9.59 Å². The van der Waals surface area contributed by atoms with Crippen molar-refractivity contribution in [2.75, 3.05) is 0 Å². The third-order valence-corrected chi connectivity index (χ3v) is 7.45. The summed E-state index contributed by atoms with van der Waals surface area (Å²) in [5.41, 5.74) is 5.77. The van der Waals surface area contributed by atoms with Crippen molar-refractivity contribution in [1.29, 1.82) is 0 Å². The standard InChI is InChI=1S/C40H30O4/c1-27-11-21-33(22-12-27)43-37(41)25-19-31-17-15-29-7-3-5-9-35(29)39(31)40-32(18-16-30-8-4-6-10-36(30)40)20-26-38(42)44-34-23-13-28(2)14-24-34/h3-26H,1-2H3/b25-19-,26-20-. The van der Waals surface area contributed by atoms with E-state index >= 15 is 0 Å². The molecule has 0 unspecified atom stereocenters. The molecule has 0 amide bonds. The summed E-state index contributed by atoms with van der Waals surface area (Å²) in [6.45, 7) is 3.97. The zero-order valence-corrected chi connectivity index (χ0v) is 24.5. The molecule has 6 aromatic carbocycles. The van der Waals surface area contributed by atoms with E-state index in [-0.39, 0.29) is 0 Å². The van der Waals surface area contributed by atoms with Crippen LogP contribution >= 0.6 is 0 Å². The number of aryl methyl sites for hydroxylation is 2. The Bertz CT molecular complexity index is 1900. The number of rotatable bonds is 7. The van der Waals surface area contributed by atoms with Crippen molar-refractivity contribution in [2.24, 2.45) is 0 Å². The summed E-state index contributed by atoms with van der Waals surface area (Å²) >= 11 is 0. The summed E-state index contributed by atoms with van der Waals surface area (Å²) in [5, 5.41) is 4.16. The van der Waals surface area contributed by atoms with Crippen molar-refractivity contribution in [3.63, 3.8) is 0 Å². The Kier molecular flexibility index (Phi) is 8.15. The Hall–Kier alpha value is -5.74. The van der Waals surface area contributed by atoms with Gasteiger partial charge in [0.1, 0.15) is 11.5 Å². The second-order valence-corrected chi connectivity index (χ2v) is 10.6. The highest BCUT2D eigenvalue weighted by Crippen LogP contribution is 2.40. The fourth-order valence-electron chi connectivity index (χ4n) is 5.24. The first-order valence-corrected chi connectivity index (χ1v) is 14.4. The Labute approximate surface area is 256 Å². The van der Waals surface area contributed by atoms with Crippen LogP contribution in [0.4, 0.5) is 0 Å². The fraction of sp³-hybridized carbons (Fsp3) is 0.0500. The van der Waals surface area contributed by atoms with Crippen molar-refractivity contribution >= 4 is 45.6 Å². The maximum Gasteiger partial charge on any atom is 0.336 e. The SMILES string of the molecule is Cc1ccc(OC(=O)/C=C\c2ccc3ccccc3c2-c2c(/C=C\C(=O)Oc3ccc(C)cc3)ccc3ccccc23)cc1. The summed E-state index contributed by atoms with van der Waals surface area (Å²) in [6.07, 6.45) is 6.48. The lowest BCUT2D eigenvalue weighted by atomic mass is 9.87. The third-order valence-electron chi connectivity index (χ3n) is 7.45. The Balaban J connectivity index is 1.44. The van der Waals surface area contributed by atoms with Crippen LogP contribution in [0.2, 0.25) is 0 Å². The Morgan fingerprint density at radius 3 is 1.27 bits per heavy atom. The summed E-state index contributed by atoms with van der Waals surface area (Å²) in [5.74, 6) is 0.0423. The first-order valence-electron chi connectivity index (χ1n) is 14.4. The highest BCUT2D eigenvalue weighted by atomic mass is 16.5. The van der Waals surface area contributed by atoms with Gasteiger partial charge in [0.25, 0.3) is 0 Å². The van der Waals surface area contributed by atoms with Gasteiger partial charge in [-0.25, -0.2) is 9.59 Å². The van der Waals surface area contributed by atoms with E-state index in [9.17, 15) is 9.59 Å². The maximum absolute atomic E-state index is 12.8. The second-order valence-electron chi connectivity index (χ2n) is 10.6. The van der Waals surface area contributed by atoms with Crippen LogP contribution in [0.1, 0.15) is 22.3 Å². The fourth-order valence-corrected chi connectivity index (χ4v) is 5.24. The molecular weight excluding hydrogens is 544 g/mol. The van der Waals surface area contributed by atoms with Gasteiger partial charge in [-0.1, -0.05) is 108 Å². The molecule has 0 saturated heterocycles. The molecule has 44 heavy (non-hydrogen) atoms. The predicted molar refractivity (Wildman–Crippen MR) is 179 cm³/mol. The first kappa shape index (κ1) is 28.4. The molecular formula is C40H30O4. The lowest BCUT2D eigenvalue weighted by molar-refractivity contribution is -0.129. The number of ether oxygens (including phenoxy) is 2. The molecule has 0 spiro atoms. The maximum atomic E-state index is 12.8. The van der Waals surface area contributed by atoms with Gasteiger partial charge in [0.15, 0.2) is 0 Å². The Morgan fingerprint density at radius 1 is 0.477 bits per heavy atom. The van der Waals surface area contributed by atoms with Crippen LogP contribution in [0.15, 0.2) is 133 Å². The predicted octanol–water partition coefficient (Wildman–Crippen LogP) is 9.51. The smallest absolute Gasteiger partial charge is 0.336 e. The number of hydrogen-bond acceptors (Lipinski definition) is 4. The molecule has 0 aromatic heterocycles. The van der Waals surface area contributed by atoms with Gasteiger partial charge in [-0.2, -0.15) is 0 Å². The van der Waals surface area contributed by atoms with Crippen LogP contribution < -0.4 is 9.47 Å². The molecule has 0 aliphatic rings. The minimum Gasteiger partial charge on any atom is -0.423 e. The van der Waals surface area contributed by atoms with E-state index in [1.807, 2.05) is 86.6 Å². The van der Waals surface area contributed by atoms with E-state index < -0.39 is 11.9 Å². The molecule has 0 fully saturated rings. The van der Waals surface area contributed by atoms with Gasteiger partial charge in [0, 0.05) is 12.2 Å². The van der Waals surface area contributed by atoms with Crippen molar-refractivity contribution in [1.82, 2.24) is 0 Å². The Morgan fingerprint density at radius 2 is 0.864 bits per heavy atom. The molecule has 0 N–H and O–H groups in total. The summed E-state index contributed by atoms with van der Waals surface area (Å²) in [7, 11) is 0. The van der Waals surface area contributed by atoms with E-state index in [0.717, 1.165) is 54.9 Å². The highest BCUT2D eigenvalue weighted by molar-refractivity contribution is 6.11. The first-order chi connectivity index (χ1) is 21.4. The molecule has 214 valence electrons. The molecule has 0 aliphatic heterocycles. The third kappa shape index (κ3) is 6.35. The average molecular weight is 575 g/mol. The summed E-state index contributed by atoms with van der Waals surface area (Å²) in [4.78, 5) is 25.7. The second kappa shape index (κ2) is 12.6. The topological polar surface area (TPSA) is 52.6 Å². The number of esters is 2. The summed E-state index contributed by atoms with van der Waals surface area (Å²) in [6, 6.07) is 39.1. The molecule has 0 aliphatic carbocycles. The molecule has 4 nitrogen and oxygen atoms in total. The molecule has 0 radical (unpaired) electrons. The van der Waals surface area contributed by atoms with Gasteiger partial charge in [-0.3, -0.25) is 0 Å². The van der Waals surface area contributed by atoms with Crippen molar-refractivity contribution in [2.45, 2.75) is 13.8 Å². The minimum absolute atomic E-state index is 0.468. The van der Waals surface area contributed by atoms with E-state index in [1.54, 1.807) is 36.4 Å². The number of benzene rings is 6. The number of carbonyl (C=O) groups is 2. The van der Waals surface area contributed by atoms with Crippen molar-refractivity contribution in [3.8, 4) is 22.6 Å². The quantitative estimate of drug-likeness (QED) is 0.108. The van der Waals surface area contributed by atoms with Crippen LogP contribution in [0.3, 0.4) is 0 Å². The lowest BCUT2D eigenvalue weighted by Crippen LogP contribution is -2.04. The van der Waals surface area contributed by atoms with E-state index in [2.05, 4.69) is 24.3 Å². The molecule has 0 atom stereocenters. The monoisotopic (exact) mass is 574 g/mol. The van der Waals surface area contributed by atoms with E-state index in [0.29, 0.717) is 11.5 Å². The normalized spacial score (nSPS) is 11.4. The molecule has 4 heteroatoms. The zero-order valence-electron chi connectivity index (χ0n) is 24.5. The average Bonchev–Trinajstić information content (AvgIpc) is 3.04. The molecule has 0 heterocycles.